The van der Waals surface area contributed by atoms with Gasteiger partial charge in [-0.1, -0.05) is 32.1 Å². The van der Waals surface area contributed by atoms with Crippen LogP contribution in [0.25, 0.3) is 0 Å². The molecule has 19 heavy (non-hydrogen) atoms. The number of nitrogens with one attached hydrogen (secondary N) is 2. The zero-order chi connectivity index (χ0) is 14.1. The molecule has 0 aromatic heterocycles. The fourth-order valence-corrected chi connectivity index (χ4v) is 1.85. The molecule has 0 atom stereocenters. The topological polar surface area (TPSA) is 67.2 Å². The summed E-state index contributed by atoms with van der Waals surface area (Å²) in [4.78, 5) is 10.9. The summed E-state index contributed by atoms with van der Waals surface area (Å²) in [6, 6.07) is 5.39. The molecule has 0 saturated carbocycles. The minimum Gasteiger partial charge on any atom is -0.398 e. The molecule has 0 fully saturated rings. The molecule has 4 heteroatoms. The van der Waals surface area contributed by atoms with Crippen LogP contribution in [0, 0.1) is 0 Å². The first-order valence-corrected chi connectivity index (χ1v) is 6.68. The van der Waals surface area contributed by atoms with Crippen LogP contribution in [0.5, 0.6) is 0 Å². The van der Waals surface area contributed by atoms with Crippen LogP contribution in [0.2, 0.25) is 0 Å². The number of unbranched alkanes of at least 4 members (excludes halogenated alkanes) is 1. The van der Waals surface area contributed by atoms with Gasteiger partial charge >= 0.3 is 0 Å². The molecule has 4 nitrogen and oxygen atoms in total. The van der Waals surface area contributed by atoms with Crippen LogP contribution >= 0.6 is 0 Å². The van der Waals surface area contributed by atoms with E-state index in [0.717, 1.165) is 36.8 Å². The minimum atomic E-state index is 0.659. The van der Waals surface area contributed by atoms with E-state index < -0.39 is 0 Å². The normalized spacial score (nSPS) is 10.2. The Hall–Kier alpha value is -1.81. The summed E-state index contributed by atoms with van der Waals surface area (Å²) in [5.74, 6) is 0. The van der Waals surface area contributed by atoms with E-state index in [1.54, 1.807) is 12.1 Å². The highest BCUT2D eigenvalue weighted by molar-refractivity contribution is 5.80. The lowest BCUT2D eigenvalue weighted by Gasteiger charge is -2.12. The Morgan fingerprint density at radius 1 is 1.47 bits per heavy atom. The van der Waals surface area contributed by atoms with Crippen molar-refractivity contribution in [3.05, 3.63) is 41.6 Å². The molecule has 1 aromatic rings. The Kier molecular flexibility index (Phi) is 6.68. The average molecular weight is 261 g/mol. The van der Waals surface area contributed by atoms with E-state index in [1.165, 1.54) is 0 Å². The van der Waals surface area contributed by atoms with Crippen molar-refractivity contribution in [2.24, 2.45) is 0 Å². The van der Waals surface area contributed by atoms with Gasteiger partial charge in [0, 0.05) is 23.5 Å². The Morgan fingerprint density at radius 2 is 2.26 bits per heavy atom. The zero-order valence-corrected chi connectivity index (χ0v) is 11.5. The lowest BCUT2D eigenvalue weighted by atomic mass is 10.0. The monoisotopic (exact) mass is 261 g/mol. The van der Waals surface area contributed by atoms with Crippen LogP contribution in [-0.2, 0) is 6.42 Å². The number of carbonyl (C=O) groups is 1. The second-order valence-corrected chi connectivity index (χ2v) is 4.54. The van der Waals surface area contributed by atoms with Gasteiger partial charge in [0.1, 0.15) is 6.29 Å². The Balaban J connectivity index is 2.37. The Bertz CT molecular complexity index is 429. The van der Waals surface area contributed by atoms with Gasteiger partial charge in [-0.15, -0.1) is 0 Å². The summed E-state index contributed by atoms with van der Waals surface area (Å²) in [5.41, 5.74) is 15.3. The summed E-state index contributed by atoms with van der Waals surface area (Å²) in [7, 11) is 0. The van der Waals surface area contributed by atoms with Gasteiger partial charge in [-0.05, 0) is 30.9 Å². The predicted molar refractivity (Wildman–Crippen MR) is 79.7 cm³/mol. The maximum atomic E-state index is 10.9. The molecule has 0 saturated heterocycles. The Morgan fingerprint density at radius 3 is 2.95 bits per heavy atom. The number of anilines is 1. The van der Waals surface area contributed by atoms with Gasteiger partial charge in [-0.25, -0.2) is 5.43 Å². The number of hydrogen-bond donors (Lipinski definition) is 3. The molecule has 4 N–H and O–H groups in total. The SMILES string of the molecule is C=C(CCCC)NNCCc1c(N)cccc1C=O. The van der Waals surface area contributed by atoms with Crippen LogP contribution in [0.1, 0.15) is 42.1 Å². The standard InChI is InChI=1S/C15H23N3O/c1-3-4-6-12(2)18-17-10-9-14-13(11-19)7-5-8-15(14)16/h5,7-8,11,17-18H,2-4,6,9-10,16H2,1H3. The quantitative estimate of drug-likeness (QED) is 0.276. The highest BCUT2D eigenvalue weighted by atomic mass is 16.1. The van der Waals surface area contributed by atoms with Crippen molar-refractivity contribution >= 4 is 12.0 Å². The van der Waals surface area contributed by atoms with Crippen LogP contribution in [-0.4, -0.2) is 12.8 Å². The van der Waals surface area contributed by atoms with Crippen molar-refractivity contribution in [2.45, 2.75) is 32.6 Å². The first-order chi connectivity index (χ1) is 9.19. The lowest BCUT2D eigenvalue weighted by Crippen LogP contribution is -2.32. The highest BCUT2D eigenvalue weighted by Crippen LogP contribution is 2.15. The summed E-state index contributed by atoms with van der Waals surface area (Å²) in [5, 5.41) is 0. The van der Waals surface area contributed by atoms with Crippen molar-refractivity contribution in [2.75, 3.05) is 12.3 Å². The fraction of sp³-hybridized carbons (Fsp3) is 0.400. The van der Waals surface area contributed by atoms with Gasteiger partial charge in [0.15, 0.2) is 0 Å². The number of rotatable bonds is 9. The van der Waals surface area contributed by atoms with E-state index >= 15 is 0 Å². The van der Waals surface area contributed by atoms with E-state index in [1.807, 2.05) is 6.07 Å². The van der Waals surface area contributed by atoms with Crippen LogP contribution in [0.15, 0.2) is 30.5 Å². The molecule has 0 amide bonds. The maximum Gasteiger partial charge on any atom is 0.150 e. The lowest BCUT2D eigenvalue weighted by molar-refractivity contribution is 0.112. The molecule has 0 aliphatic heterocycles. The molecular formula is C15H23N3O. The van der Waals surface area contributed by atoms with Crippen LogP contribution in [0.3, 0.4) is 0 Å². The molecule has 104 valence electrons. The molecule has 0 aliphatic rings. The third-order valence-electron chi connectivity index (χ3n) is 2.97. The van der Waals surface area contributed by atoms with Gasteiger partial charge in [0.05, 0.1) is 0 Å². The zero-order valence-electron chi connectivity index (χ0n) is 11.5. The first kappa shape index (κ1) is 15.2. The molecular weight excluding hydrogens is 238 g/mol. The average Bonchev–Trinajstić information content (AvgIpc) is 2.42. The number of benzene rings is 1. The van der Waals surface area contributed by atoms with Gasteiger partial charge in [0.25, 0.3) is 0 Å². The minimum absolute atomic E-state index is 0.659. The largest absolute Gasteiger partial charge is 0.398 e. The predicted octanol–water partition coefficient (Wildman–Crippen LogP) is 2.42. The van der Waals surface area contributed by atoms with E-state index in [-0.39, 0.29) is 0 Å². The number of nitrogens with two attached hydrogens (primary N) is 1. The molecule has 0 unspecified atom stereocenters. The van der Waals surface area contributed by atoms with E-state index in [4.69, 9.17) is 5.73 Å². The van der Waals surface area contributed by atoms with Gasteiger partial charge in [-0.3, -0.25) is 4.79 Å². The van der Waals surface area contributed by atoms with Crippen LogP contribution in [0.4, 0.5) is 5.69 Å². The molecule has 1 rings (SSSR count). The van der Waals surface area contributed by atoms with Crippen molar-refractivity contribution in [1.29, 1.82) is 0 Å². The van der Waals surface area contributed by atoms with E-state index in [9.17, 15) is 4.79 Å². The third-order valence-corrected chi connectivity index (χ3v) is 2.97. The first-order valence-electron chi connectivity index (χ1n) is 6.68. The Labute approximate surface area is 115 Å². The molecule has 0 spiro atoms. The third kappa shape index (κ3) is 5.14. The molecule has 0 bridgehead atoms. The number of hydrazine groups is 1. The summed E-state index contributed by atoms with van der Waals surface area (Å²) >= 11 is 0. The summed E-state index contributed by atoms with van der Waals surface area (Å²) < 4.78 is 0. The van der Waals surface area contributed by atoms with Crippen molar-refractivity contribution < 1.29 is 4.79 Å². The number of hydrogen-bond acceptors (Lipinski definition) is 4. The van der Waals surface area contributed by atoms with Crippen molar-refractivity contribution in [3.63, 3.8) is 0 Å². The smallest absolute Gasteiger partial charge is 0.150 e. The number of carbonyl (C=O) groups excluding carboxylic acids is 1. The number of allylic oxidation sites excluding steroid dienone is 1. The van der Waals surface area contributed by atoms with E-state index in [0.29, 0.717) is 24.2 Å². The van der Waals surface area contributed by atoms with Crippen molar-refractivity contribution in [3.8, 4) is 0 Å². The highest BCUT2D eigenvalue weighted by Gasteiger charge is 2.04. The summed E-state index contributed by atoms with van der Waals surface area (Å²) in [6.07, 6.45) is 4.81. The summed E-state index contributed by atoms with van der Waals surface area (Å²) in [6.45, 7) is 6.78. The molecule has 0 radical (unpaired) electrons. The van der Waals surface area contributed by atoms with Gasteiger partial charge in [-0.2, -0.15) is 0 Å². The van der Waals surface area contributed by atoms with Gasteiger partial charge < -0.3 is 11.2 Å². The second kappa shape index (κ2) is 8.32. The maximum absolute atomic E-state index is 10.9. The fourth-order valence-electron chi connectivity index (χ4n) is 1.85. The molecule has 0 heterocycles. The number of nitrogen functional groups attached to an aromatic ring is 1. The van der Waals surface area contributed by atoms with Crippen LogP contribution < -0.4 is 16.6 Å². The second-order valence-electron chi connectivity index (χ2n) is 4.54. The van der Waals surface area contributed by atoms with Gasteiger partial charge in [0.2, 0.25) is 0 Å². The number of aldehydes is 1. The molecule has 0 aliphatic carbocycles. The van der Waals surface area contributed by atoms with E-state index in [2.05, 4.69) is 24.4 Å². The van der Waals surface area contributed by atoms with Crippen molar-refractivity contribution in [1.82, 2.24) is 10.9 Å². The molecule has 1 aromatic carbocycles.